The van der Waals surface area contributed by atoms with Gasteiger partial charge in [-0.2, -0.15) is 0 Å². The Hall–Kier alpha value is -2.17. The second kappa shape index (κ2) is 5.16. The summed E-state index contributed by atoms with van der Waals surface area (Å²) in [7, 11) is 0. The van der Waals surface area contributed by atoms with E-state index in [-0.39, 0.29) is 17.4 Å². The molecule has 0 aliphatic heterocycles. The number of imidazole rings is 1. The molecule has 5 nitrogen and oxygen atoms in total. The first-order valence-corrected chi connectivity index (χ1v) is 8.67. The van der Waals surface area contributed by atoms with Gasteiger partial charge >= 0.3 is 0 Å². The van der Waals surface area contributed by atoms with Crippen LogP contribution in [0.2, 0.25) is 0 Å². The molecule has 2 heterocycles. The molecule has 2 aromatic heterocycles. The van der Waals surface area contributed by atoms with E-state index in [1.165, 1.54) is 12.8 Å². The van der Waals surface area contributed by atoms with Crippen molar-refractivity contribution >= 4 is 5.91 Å². The van der Waals surface area contributed by atoms with Gasteiger partial charge in [0.1, 0.15) is 12.1 Å². The van der Waals surface area contributed by atoms with Gasteiger partial charge in [0.25, 0.3) is 5.91 Å². The third-order valence-corrected chi connectivity index (χ3v) is 6.88. The van der Waals surface area contributed by atoms with E-state index in [4.69, 9.17) is 0 Å². The van der Waals surface area contributed by atoms with Crippen molar-refractivity contribution in [1.82, 2.24) is 19.9 Å². The van der Waals surface area contributed by atoms with E-state index < -0.39 is 0 Å². The van der Waals surface area contributed by atoms with Crippen molar-refractivity contribution in [3.05, 3.63) is 42.6 Å². The maximum Gasteiger partial charge on any atom is 0.251 e. The van der Waals surface area contributed by atoms with E-state index in [0.717, 1.165) is 6.42 Å². The second-order valence-corrected chi connectivity index (χ2v) is 8.01. The molecule has 3 unspecified atom stereocenters. The fraction of sp³-hybridized carbons (Fsp3) is 0.526. The smallest absolute Gasteiger partial charge is 0.251 e. The molecule has 2 aromatic rings. The van der Waals surface area contributed by atoms with Crippen molar-refractivity contribution in [1.29, 1.82) is 0 Å². The van der Waals surface area contributed by atoms with Crippen LogP contribution in [0.5, 0.6) is 0 Å². The van der Waals surface area contributed by atoms with Crippen LogP contribution < -0.4 is 5.32 Å². The standard InChI is InChI=1S/C19H24N4O/c1-18(2)14-4-6-19(18,3)15(11-14)22-17(24)13-5-7-21-16(10-13)23-9-8-20-12-23/h5,7-10,12,14-15H,4,6,11H2,1-3H3,(H,22,24). The Morgan fingerprint density at radius 2 is 2.17 bits per heavy atom. The number of hydrogen-bond donors (Lipinski definition) is 1. The van der Waals surface area contributed by atoms with Gasteiger partial charge in [0.2, 0.25) is 0 Å². The fourth-order valence-corrected chi connectivity index (χ4v) is 4.76. The predicted molar refractivity (Wildman–Crippen MR) is 91.8 cm³/mol. The molecule has 0 radical (unpaired) electrons. The summed E-state index contributed by atoms with van der Waals surface area (Å²) in [5.41, 5.74) is 1.14. The molecule has 2 aliphatic rings. The maximum absolute atomic E-state index is 12.8. The molecular weight excluding hydrogens is 300 g/mol. The molecular formula is C19H24N4O. The van der Waals surface area contributed by atoms with Gasteiger partial charge in [-0.05, 0) is 48.1 Å². The molecule has 0 saturated heterocycles. The molecule has 2 fully saturated rings. The second-order valence-electron chi connectivity index (χ2n) is 8.01. The molecule has 2 aliphatic carbocycles. The number of nitrogens with one attached hydrogen (secondary N) is 1. The summed E-state index contributed by atoms with van der Waals surface area (Å²) in [4.78, 5) is 21.1. The quantitative estimate of drug-likeness (QED) is 0.943. The SMILES string of the molecule is CC1(C)C2CCC1(C)C(NC(=O)c1ccnc(-n3ccnc3)c1)C2. The zero-order valence-corrected chi connectivity index (χ0v) is 14.5. The lowest BCUT2D eigenvalue weighted by molar-refractivity contribution is 0.0826. The third kappa shape index (κ3) is 2.10. The van der Waals surface area contributed by atoms with Gasteiger partial charge in [0.05, 0.1) is 0 Å². The number of fused-ring (bicyclic) bond motifs is 2. The van der Waals surface area contributed by atoms with Gasteiger partial charge in [-0.25, -0.2) is 9.97 Å². The van der Waals surface area contributed by atoms with Gasteiger partial charge in [-0.15, -0.1) is 0 Å². The lowest BCUT2D eigenvalue weighted by atomic mass is 9.69. The number of amides is 1. The first-order chi connectivity index (χ1) is 11.4. The van der Waals surface area contributed by atoms with Crippen LogP contribution >= 0.6 is 0 Å². The number of pyridine rings is 1. The zero-order chi connectivity index (χ0) is 16.9. The van der Waals surface area contributed by atoms with E-state index >= 15 is 0 Å². The van der Waals surface area contributed by atoms with Crippen LogP contribution in [0.3, 0.4) is 0 Å². The average molecular weight is 324 g/mol. The van der Waals surface area contributed by atoms with Gasteiger partial charge in [0.15, 0.2) is 0 Å². The Kier molecular flexibility index (Phi) is 3.31. The number of nitrogens with zero attached hydrogens (tertiary/aromatic N) is 3. The van der Waals surface area contributed by atoms with E-state index in [9.17, 15) is 4.79 Å². The Morgan fingerprint density at radius 3 is 2.79 bits per heavy atom. The molecule has 2 bridgehead atoms. The molecule has 3 atom stereocenters. The summed E-state index contributed by atoms with van der Waals surface area (Å²) in [6.45, 7) is 7.06. The molecule has 2 saturated carbocycles. The summed E-state index contributed by atoms with van der Waals surface area (Å²) >= 11 is 0. The Labute approximate surface area is 142 Å². The van der Waals surface area contributed by atoms with Gasteiger partial charge in [0, 0.05) is 30.2 Å². The third-order valence-electron chi connectivity index (χ3n) is 6.88. The van der Waals surface area contributed by atoms with Crippen molar-refractivity contribution < 1.29 is 4.79 Å². The Bertz CT molecular complexity index is 767. The summed E-state index contributed by atoms with van der Waals surface area (Å²) in [6, 6.07) is 3.84. The molecule has 1 N–H and O–H groups in total. The van der Waals surface area contributed by atoms with Crippen LogP contribution in [-0.4, -0.2) is 26.5 Å². The summed E-state index contributed by atoms with van der Waals surface area (Å²) in [6.07, 6.45) is 10.5. The lowest BCUT2D eigenvalue weighted by Gasteiger charge is -2.39. The monoisotopic (exact) mass is 324 g/mol. The number of aromatic nitrogens is 3. The van der Waals surface area contributed by atoms with E-state index in [1.807, 2.05) is 12.3 Å². The zero-order valence-electron chi connectivity index (χ0n) is 14.5. The van der Waals surface area contributed by atoms with Crippen LogP contribution in [0.4, 0.5) is 0 Å². The minimum Gasteiger partial charge on any atom is -0.349 e. The van der Waals surface area contributed by atoms with E-state index in [1.54, 1.807) is 29.4 Å². The van der Waals surface area contributed by atoms with Crippen LogP contribution in [0, 0.1) is 16.7 Å². The molecule has 24 heavy (non-hydrogen) atoms. The largest absolute Gasteiger partial charge is 0.349 e. The first-order valence-electron chi connectivity index (χ1n) is 8.67. The summed E-state index contributed by atoms with van der Waals surface area (Å²) in [5.74, 6) is 1.42. The Balaban J connectivity index is 1.55. The van der Waals surface area contributed by atoms with Crippen molar-refractivity contribution in [2.45, 2.75) is 46.1 Å². The van der Waals surface area contributed by atoms with Gasteiger partial charge in [-0.1, -0.05) is 20.8 Å². The Morgan fingerprint density at radius 1 is 1.33 bits per heavy atom. The molecule has 0 aromatic carbocycles. The van der Waals surface area contributed by atoms with Crippen molar-refractivity contribution in [3.63, 3.8) is 0 Å². The highest BCUT2D eigenvalue weighted by Gasteiger charge is 2.61. The van der Waals surface area contributed by atoms with Crippen LogP contribution in [0.1, 0.15) is 50.4 Å². The normalized spacial score (nSPS) is 30.5. The predicted octanol–water partition coefficient (Wildman–Crippen LogP) is 3.21. The fourth-order valence-electron chi connectivity index (χ4n) is 4.76. The summed E-state index contributed by atoms with van der Waals surface area (Å²) in [5, 5.41) is 3.30. The topological polar surface area (TPSA) is 59.8 Å². The lowest BCUT2D eigenvalue weighted by Crippen LogP contribution is -2.46. The minimum atomic E-state index is -0.00617. The molecule has 0 spiro atoms. The van der Waals surface area contributed by atoms with E-state index in [2.05, 4.69) is 36.1 Å². The molecule has 5 heteroatoms. The van der Waals surface area contributed by atoms with Crippen molar-refractivity contribution in [2.75, 3.05) is 0 Å². The van der Waals surface area contributed by atoms with E-state index in [0.29, 0.717) is 22.7 Å². The molecule has 126 valence electrons. The van der Waals surface area contributed by atoms with Crippen LogP contribution in [0.25, 0.3) is 5.82 Å². The van der Waals surface area contributed by atoms with Gasteiger partial charge in [-0.3, -0.25) is 9.36 Å². The highest BCUT2D eigenvalue weighted by atomic mass is 16.1. The first kappa shape index (κ1) is 15.4. The van der Waals surface area contributed by atoms with Gasteiger partial charge < -0.3 is 5.32 Å². The highest BCUT2D eigenvalue weighted by Crippen LogP contribution is 2.65. The van der Waals surface area contributed by atoms with Crippen molar-refractivity contribution in [2.24, 2.45) is 16.7 Å². The number of rotatable bonds is 3. The summed E-state index contributed by atoms with van der Waals surface area (Å²) < 4.78 is 1.80. The van der Waals surface area contributed by atoms with Crippen LogP contribution in [-0.2, 0) is 0 Å². The minimum absolute atomic E-state index is 0.00617. The van der Waals surface area contributed by atoms with Crippen molar-refractivity contribution in [3.8, 4) is 5.82 Å². The number of carbonyl (C=O) groups excluding carboxylic acids is 1. The molecule has 4 rings (SSSR count). The maximum atomic E-state index is 12.8. The number of carbonyl (C=O) groups is 1. The van der Waals surface area contributed by atoms with Crippen LogP contribution in [0.15, 0.2) is 37.1 Å². The average Bonchev–Trinajstić information content (AvgIpc) is 3.22. The molecule has 1 amide bonds. The highest BCUT2D eigenvalue weighted by molar-refractivity contribution is 5.94. The number of hydrogen-bond acceptors (Lipinski definition) is 3.